The summed E-state index contributed by atoms with van der Waals surface area (Å²) in [6.45, 7) is 10.3. The molecule has 0 bridgehead atoms. The van der Waals surface area contributed by atoms with Crippen molar-refractivity contribution in [2.24, 2.45) is 0 Å². The number of nitrogens with one attached hydrogen (secondary N) is 1. The lowest BCUT2D eigenvalue weighted by Gasteiger charge is -2.33. The Bertz CT molecular complexity index is 410. The molecule has 1 aromatic rings. The maximum Gasteiger partial charge on any atom is 0.128 e. The highest BCUT2D eigenvalue weighted by Gasteiger charge is 2.20. The second kappa shape index (κ2) is 7.60. The largest absolute Gasteiger partial charge is 0.375 e. The van der Waals surface area contributed by atoms with Crippen molar-refractivity contribution in [1.29, 1.82) is 0 Å². The van der Waals surface area contributed by atoms with Crippen molar-refractivity contribution >= 4 is 5.82 Å². The van der Waals surface area contributed by atoms with Gasteiger partial charge in [-0.25, -0.2) is 4.98 Å². The third kappa shape index (κ3) is 3.93. The number of pyridine rings is 1. The van der Waals surface area contributed by atoms with Crippen LogP contribution in [-0.4, -0.2) is 37.3 Å². The van der Waals surface area contributed by atoms with Gasteiger partial charge in [0.25, 0.3) is 0 Å². The van der Waals surface area contributed by atoms with Crippen LogP contribution in [0.15, 0.2) is 18.3 Å². The van der Waals surface area contributed by atoms with E-state index in [0.29, 0.717) is 12.1 Å². The zero-order valence-corrected chi connectivity index (χ0v) is 12.9. The first-order valence-electron chi connectivity index (χ1n) is 7.80. The van der Waals surface area contributed by atoms with Gasteiger partial charge in [0.2, 0.25) is 0 Å². The van der Waals surface area contributed by atoms with Gasteiger partial charge in [-0.2, -0.15) is 0 Å². The molecule has 0 amide bonds. The average Bonchev–Trinajstić information content (AvgIpc) is 2.52. The molecule has 2 rings (SSSR count). The molecule has 1 saturated heterocycles. The van der Waals surface area contributed by atoms with Crippen LogP contribution in [0.2, 0.25) is 0 Å². The van der Waals surface area contributed by atoms with Crippen molar-refractivity contribution in [3.8, 4) is 0 Å². The summed E-state index contributed by atoms with van der Waals surface area (Å²) in [6, 6.07) is 4.69. The summed E-state index contributed by atoms with van der Waals surface area (Å²) in [7, 11) is 0. The maximum atomic E-state index is 5.73. The van der Waals surface area contributed by atoms with Crippen LogP contribution < -0.4 is 10.2 Å². The van der Waals surface area contributed by atoms with Gasteiger partial charge >= 0.3 is 0 Å². The fourth-order valence-electron chi connectivity index (χ4n) is 2.53. The number of ether oxygens (including phenoxy) is 1. The first kappa shape index (κ1) is 15.3. The van der Waals surface area contributed by atoms with Crippen molar-refractivity contribution in [3.05, 3.63) is 23.9 Å². The number of anilines is 1. The van der Waals surface area contributed by atoms with Crippen LogP contribution in [0.1, 0.15) is 45.2 Å². The summed E-state index contributed by atoms with van der Waals surface area (Å²) in [5, 5.41) is 3.53. The van der Waals surface area contributed by atoms with E-state index in [1.54, 1.807) is 0 Å². The Balaban J connectivity index is 2.05. The lowest BCUT2D eigenvalue weighted by molar-refractivity contribution is 0.0381. The molecule has 0 radical (unpaired) electrons. The molecule has 1 aromatic heterocycles. The monoisotopic (exact) mass is 277 g/mol. The normalized spacial score (nSPS) is 20.9. The molecular formula is C16H27N3O. The van der Waals surface area contributed by atoms with Gasteiger partial charge < -0.3 is 15.0 Å². The van der Waals surface area contributed by atoms with Crippen LogP contribution in [0, 0.1) is 0 Å². The zero-order valence-electron chi connectivity index (χ0n) is 12.9. The molecule has 1 fully saturated rings. The van der Waals surface area contributed by atoms with Crippen LogP contribution in [0.25, 0.3) is 0 Å². The number of nitrogens with zero attached hydrogens (tertiary/aromatic N) is 2. The highest BCUT2D eigenvalue weighted by Crippen LogP contribution is 2.20. The summed E-state index contributed by atoms with van der Waals surface area (Å²) >= 11 is 0. The van der Waals surface area contributed by atoms with Gasteiger partial charge in [0, 0.05) is 25.3 Å². The molecule has 1 N–H and O–H groups in total. The lowest BCUT2D eigenvalue weighted by Crippen LogP contribution is -2.42. The Hall–Kier alpha value is -1.13. The van der Waals surface area contributed by atoms with E-state index in [1.165, 1.54) is 5.56 Å². The summed E-state index contributed by atoms with van der Waals surface area (Å²) < 4.78 is 5.73. The number of hydrogen-bond donors (Lipinski definition) is 1. The van der Waals surface area contributed by atoms with Gasteiger partial charge in [0.05, 0.1) is 12.7 Å². The topological polar surface area (TPSA) is 37.4 Å². The van der Waals surface area contributed by atoms with Crippen molar-refractivity contribution in [2.45, 2.75) is 45.8 Å². The number of hydrogen-bond acceptors (Lipinski definition) is 4. The standard InChI is InChI=1S/C16H27N3O/c1-4-7-17-13(3)14-6-8-18-16(11-14)19-9-10-20-15(5-2)12-19/h6,8,11,13,15,17H,4-5,7,9-10,12H2,1-3H3. The fourth-order valence-corrected chi connectivity index (χ4v) is 2.53. The fraction of sp³-hybridized carbons (Fsp3) is 0.688. The van der Waals surface area contributed by atoms with Crippen LogP contribution in [0.5, 0.6) is 0 Å². The minimum absolute atomic E-state index is 0.338. The van der Waals surface area contributed by atoms with Gasteiger partial charge in [0.1, 0.15) is 5.82 Å². The molecule has 20 heavy (non-hydrogen) atoms. The third-order valence-corrected chi connectivity index (χ3v) is 3.89. The maximum absolute atomic E-state index is 5.73. The Labute approximate surface area is 122 Å². The predicted molar refractivity (Wildman–Crippen MR) is 83.2 cm³/mol. The van der Waals surface area contributed by atoms with Gasteiger partial charge in [-0.15, -0.1) is 0 Å². The molecule has 0 aliphatic carbocycles. The van der Waals surface area contributed by atoms with E-state index in [2.05, 4.69) is 48.1 Å². The van der Waals surface area contributed by atoms with Crippen LogP contribution in [0.3, 0.4) is 0 Å². The lowest BCUT2D eigenvalue weighted by atomic mass is 10.1. The molecule has 112 valence electrons. The van der Waals surface area contributed by atoms with Gasteiger partial charge in [-0.1, -0.05) is 13.8 Å². The Morgan fingerprint density at radius 1 is 1.50 bits per heavy atom. The molecule has 1 aliphatic rings. The summed E-state index contributed by atoms with van der Waals surface area (Å²) in [5.74, 6) is 1.08. The van der Waals surface area contributed by atoms with E-state index < -0.39 is 0 Å². The van der Waals surface area contributed by atoms with Crippen molar-refractivity contribution in [3.63, 3.8) is 0 Å². The average molecular weight is 277 g/mol. The molecule has 0 spiro atoms. The zero-order chi connectivity index (χ0) is 14.4. The molecule has 4 nitrogen and oxygen atoms in total. The highest BCUT2D eigenvalue weighted by molar-refractivity contribution is 5.42. The molecule has 0 saturated carbocycles. The number of rotatable bonds is 6. The highest BCUT2D eigenvalue weighted by atomic mass is 16.5. The van der Waals surface area contributed by atoms with Crippen LogP contribution >= 0.6 is 0 Å². The predicted octanol–water partition coefficient (Wildman–Crippen LogP) is 2.76. The van der Waals surface area contributed by atoms with E-state index in [9.17, 15) is 0 Å². The first-order chi connectivity index (χ1) is 9.74. The van der Waals surface area contributed by atoms with Crippen molar-refractivity contribution < 1.29 is 4.74 Å². The molecule has 2 unspecified atom stereocenters. The molecule has 0 aromatic carbocycles. The Kier molecular flexibility index (Phi) is 5.80. The van der Waals surface area contributed by atoms with Gasteiger partial charge in [-0.05, 0) is 44.0 Å². The van der Waals surface area contributed by atoms with E-state index in [4.69, 9.17) is 4.74 Å². The molecule has 2 heterocycles. The van der Waals surface area contributed by atoms with E-state index in [0.717, 1.165) is 44.9 Å². The van der Waals surface area contributed by atoms with E-state index >= 15 is 0 Å². The first-order valence-corrected chi connectivity index (χ1v) is 7.80. The van der Waals surface area contributed by atoms with Crippen molar-refractivity contribution in [2.75, 3.05) is 31.1 Å². The Morgan fingerprint density at radius 2 is 2.35 bits per heavy atom. The smallest absolute Gasteiger partial charge is 0.128 e. The second-order valence-electron chi connectivity index (χ2n) is 5.47. The quantitative estimate of drug-likeness (QED) is 0.867. The van der Waals surface area contributed by atoms with Crippen LogP contribution in [0.4, 0.5) is 5.82 Å². The SMILES string of the molecule is CCCNC(C)c1ccnc(N2CCOC(CC)C2)c1. The van der Waals surface area contributed by atoms with Crippen molar-refractivity contribution in [1.82, 2.24) is 10.3 Å². The number of aromatic nitrogens is 1. The molecule has 2 atom stereocenters. The van der Waals surface area contributed by atoms with Crippen LogP contribution in [-0.2, 0) is 4.74 Å². The van der Waals surface area contributed by atoms with E-state index in [1.807, 2.05) is 6.20 Å². The van der Waals surface area contributed by atoms with Gasteiger partial charge in [-0.3, -0.25) is 0 Å². The summed E-state index contributed by atoms with van der Waals surface area (Å²) in [6.07, 6.45) is 4.48. The molecular weight excluding hydrogens is 250 g/mol. The minimum Gasteiger partial charge on any atom is -0.375 e. The minimum atomic E-state index is 0.338. The third-order valence-electron chi connectivity index (χ3n) is 3.89. The summed E-state index contributed by atoms with van der Waals surface area (Å²) in [4.78, 5) is 6.88. The molecule has 4 heteroatoms. The second-order valence-corrected chi connectivity index (χ2v) is 5.47. The van der Waals surface area contributed by atoms with Gasteiger partial charge in [0.15, 0.2) is 0 Å². The summed E-state index contributed by atoms with van der Waals surface area (Å²) in [5.41, 5.74) is 1.31. The number of morpholine rings is 1. The molecule has 1 aliphatic heterocycles. The van der Waals surface area contributed by atoms with E-state index in [-0.39, 0.29) is 0 Å². The Morgan fingerprint density at radius 3 is 3.10 bits per heavy atom.